The van der Waals surface area contributed by atoms with Crippen LogP contribution in [0.3, 0.4) is 0 Å². The van der Waals surface area contributed by atoms with Crippen molar-refractivity contribution in [3.8, 4) is 16.9 Å². The van der Waals surface area contributed by atoms with Crippen molar-refractivity contribution in [2.45, 2.75) is 51.5 Å². The standard InChI is InChI=1S/C30H35BrN2O6S/c1-30(2,3)23-11-17-26(18-12-23)39-20-28(34)32-19-5-4-6-27(29(35)36)33(40(37)38)25-15-9-22(10-16-25)21-7-13-24(31)14-8-21/h7-18,27H,4-6,19-20H2,1-3H3,(H,32,34)(H,35,36)(H,37,38). The van der Waals surface area contributed by atoms with Gasteiger partial charge < -0.3 is 15.2 Å². The Morgan fingerprint density at radius 1 is 0.950 bits per heavy atom. The van der Waals surface area contributed by atoms with Crippen LogP contribution >= 0.6 is 15.9 Å². The van der Waals surface area contributed by atoms with E-state index >= 15 is 0 Å². The number of carbonyl (C=O) groups excluding carboxylic acids is 1. The van der Waals surface area contributed by atoms with Gasteiger partial charge in [-0.3, -0.25) is 13.7 Å². The van der Waals surface area contributed by atoms with Crippen molar-refractivity contribution in [1.82, 2.24) is 5.32 Å². The number of amides is 1. The zero-order valence-electron chi connectivity index (χ0n) is 22.8. The summed E-state index contributed by atoms with van der Waals surface area (Å²) in [4.78, 5) is 24.2. The number of ether oxygens (including phenoxy) is 1. The maximum absolute atomic E-state index is 12.2. The fraction of sp³-hybridized carbons (Fsp3) is 0.333. The van der Waals surface area contributed by atoms with Crippen LogP contribution in [-0.4, -0.2) is 44.9 Å². The zero-order valence-corrected chi connectivity index (χ0v) is 25.2. The quantitative estimate of drug-likeness (QED) is 0.153. The summed E-state index contributed by atoms with van der Waals surface area (Å²) in [5.41, 5.74) is 3.39. The van der Waals surface area contributed by atoms with E-state index in [9.17, 15) is 23.5 Å². The van der Waals surface area contributed by atoms with Gasteiger partial charge in [0, 0.05) is 11.0 Å². The number of aliphatic carboxylic acids is 1. The largest absolute Gasteiger partial charge is 0.484 e. The van der Waals surface area contributed by atoms with Crippen molar-refractivity contribution in [3.63, 3.8) is 0 Å². The number of halogens is 1. The van der Waals surface area contributed by atoms with Crippen LogP contribution in [0.4, 0.5) is 5.69 Å². The summed E-state index contributed by atoms with van der Waals surface area (Å²) in [6.45, 7) is 6.58. The van der Waals surface area contributed by atoms with E-state index in [-0.39, 0.29) is 24.3 Å². The molecule has 3 aromatic carbocycles. The highest BCUT2D eigenvalue weighted by Gasteiger charge is 2.29. The average Bonchev–Trinajstić information content (AvgIpc) is 2.91. The van der Waals surface area contributed by atoms with Crippen molar-refractivity contribution < 1.29 is 28.2 Å². The molecule has 0 aromatic heterocycles. The highest BCUT2D eigenvalue weighted by molar-refractivity contribution is 9.10. The second kappa shape index (κ2) is 14.4. The number of unbranched alkanes of at least 4 members (excludes halogenated alkanes) is 1. The van der Waals surface area contributed by atoms with Gasteiger partial charge in [0.2, 0.25) is 0 Å². The monoisotopic (exact) mass is 630 g/mol. The summed E-state index contributed by atoms with van der Waals surface area (Å²) in [5.74, 6) is -0.873. The van der Waals surface area contributed by atoms with Crippen LogP contribution in [0.25, 0.3) is 11.1 Å². The summed E-state index contributed by atoms with van der Waals surface area (Å²) in [7, 11) is 0. The van der Waals surface area contributed by atoms with Crippen molar-refractivity contribution in [3.05, 3.63) is 82.8 Å². The van der Waals surface area contributed by atoms with E-state index in [1.54, 1.807) is 24.3 Å². The number of carbonyl (C=O) groups is 2. The minimum Gasteiger partial charge on any atom is -0.484 e. The number of hydrogen-bond donors (Lipinski definition) is 3. The summed E-state index contributed by atoms with van der Waals surface area (Å²) >= 11 is 0.862. The van der Waals surface area contributed by atoms with Gasteiger partial charge in [-0.1, -0.05) is 73.1 Å². The summed E-state index contributed by atoms with van der Waals surface area (Å²) in [5, 5.41) is 12.6. The number of nitrogens with one attached hydrogen (secondary N) is 1. The third-order valence-corrected chi connectivity index (χ3v) is 7.68. The van der Waals surface area contributed by atoms with Gasteiger partial charge in [0.1, 0.15) is 11.8 Å². The van der Waals surface area contributed by atoms with E-state index in [1.165, 1.54) is 5.56 Å². The fourth-order valence-corrected chi connectivity index (χ4v) is 5.08. The molecule has 3 rings (SSSR count). The number of hydrogen-bond acceptors (Lipinski definition) is 4. The van der Waals surface area contributed by atoms with Gasteiger partial charge in [-0.2, -0.15) is 0 Å². The van der Waals surface area contributed by atoms with Crippen molar-refractivity contribution in [2.24, 2.45) is 0 Å². The summed E-state index contributed by atoms with van der Waals surface area (Å²) in [6, 6.07) is 21.0. The highest BCUT2D eigenvalue weighted by Crippen LogP contribution is 2.28. The van der Waals surface area contributed by atoms with E-state index in [0.29, 0.717) is 30.8 Å². The van der Waals surface area contributed by atoms with Crippen LogP contribution in [0.1, 0.15) is 45.6 Å². The maximum Gasteiger partial charge on any atom is 0.327 e. The van der Waals surface area contributed by atoms with Gasteiger partial charge in [-0.15, -0.1) is 0 Å². The first-order valence-electron chi connectivity index (χ1n) is 12.9. The van der Waals surface area contributed by atoms with Crippen LogP contribution in [0.2, 0.25) is 0 Å². The van der Waals surface area contributed by atoms with Crippen molar-refractivity contribution >= 4 is 44.8 Å². The van der Waals surface area contributed by atoms with E-state index in [0.717, 1.165) is 19.9 Å². The molecule has 40 heavy (non-hydrogen) atoms. The first-order chi connectivity index (χ1) is 19.0. The molecular formula is C30H35BrN2O6S. The number of benzene rings is 3. The fourth-order valence-electron chi connectivity index (χ4n) is 4.10. The predicted molar refractivity (Wildman–Crippen MR) is 162 cm³/mol. The van der Waals surface area contributed by atoms with Crippen LogP contribution < -0.4 is 14.4 Å². The Hall–Kier alpha value is -3.21. The smallest absolute Gasteiger partial charge is 0.327 e. The maximum atomic E-state index is 12.2. The molecule has 3 N–H and O–H groups in total. The average molecular weight is 632 g/mol. The summed E-state index contributed by atoms with van der Waals surface area (Å²) in [6.07, 6.45) is 1.06. The molecule has 0 aliphatic carbocycles. The molecule has 1 amide bonds. The van der Waals surface area contributed by atoms with Crippen LogP contribution in [0, 0.1) is 0 Å². The first-order valence-corrected chi connectivity index (χ1v) is 14.8. The molecule has 0 spiro atoms. The number of carboxylic acids is 1. The van der Waals surface area contributed by atoms with Crippen LogP contribution in [0.15, 0.2) is 77.3 Å². The number of nitrogens with zero attached hydrogens (tertiary/aromatic N) is 1. The Morgan fingerprint density at radius 2 is 1.52 bits per heavy atom. The Labute approximate surface area is 246 Å². The SMILES string of the molecule is CC(C)(C)c1ccc(OCC(=O)NCCCCC(C(=O)O)N(c2ccc(-c3ccc(Br)cc3)cc2)S(=O)O)cc1. The molecule has 0 aliphatic heterocycles. The van der Waals surface area contributed by atoms with Gasteiger partial charge in [-0.25, -0.2) is 9.00 Å². The molecule has 0 radical (unpaired) electrons. The van der Waals surface area contributed by atoms with Crippen molar-refractivity contribution in [1.29, 1.82) is 0 Å². The molecule has 2 unspecified atom stereocenters. The third-order valence-electron chi connectivity index (χ3n) is 6.35. The minimum atomic E-state index is -2.54. The number of carboxylic acid groups (broad SMARTS) is 1. The van der Waals surface area contributed by atoms with Crippen LogP contribution in [0.5, 0.6) is 5.75 Å². The molecule has 214 valence electrons. The first kappa shape index (κ1) is 31.3. The Morgan fingerprint density at radius 3 is 2.05 bits per heavy atom. The van der Waals surface area contributed by atoms with E-state index in [2.05, 4.69) is 42.0 Å². The molecule has 0 saturated heterocycles. The number of anilines is 1. The third kappa shape index (κ3) is 9.18. The van der Waals surface area contributed by atoms with E-state index in [1.807, 2.05) is 48.5 Å². The molecule has 10 heteroatoms. The van der Waals surface area contributed by atoms with E-state index in [4.69, 9.17) is 4.74 Å². The lowest BCUT2D eigenvalue weighted by Gasteiger charge is -2.27. The Balaban J connectivity index is 1.49. The second-order valence-corrected chi connectivity index (χ2v) is 12.1. The van der Waals surface area contributed by atoms with Gasteiger partial charge in [0.15, 0.2) is 6.61 Å². The molecule has 2 atom stereocenters. The number of rotatable bonds is 13. The van der Waals surface area contributed by atoms with Gasteiger partial charge in [0.05, 0.1) is 5.69 Å². The molecule has 0 fully saturated rings. The van der Waals surface area contributed by atoms with Gasteiger partial charge in [0.25, 0.3) is 17.2 Å². The normalized spacial score (nSPS) is 12.8. The second-order valence-electron chi connectivity index (χ2n) is 10.4. The van der Waals surface area contributed by atoms with Crippen LogP contribution in [-0.2, 0) is 26.3 Å². The molecule has 0 aliphatic rings. The topological polar surface area (TPSA) is 116 Å². The van der Waals surface area contributed by atoms with Crippen molar-refractivity contribution in [2.75, 3.05) is 17.5 Å². The molecule has 0 heterocycles. The lowest BCUT2D eigenvalue weighted by Crippen LogP contribution is -2.42. The zero-order chi connectivity index (χ0) is 29.3. The highest BCUT2D eigenvalue weighted by atomic mass is 79.9. The lowest BCUT2D eigenvalue weighted by atomic mass is 9.87. The predicted octanol–water partition coefficient (Wildman–Crippen LogP) is 6.18. The Bertz CT molecular complexity index is 1290. The lowest BCUT2D eigenvalue weighted by molar-refractivity contribution is -0.138. The molecular weight excluding hydrogens is 596 g/mol. The molecule has 0 bridgehead atoms. The van der Waals surface area contributed by atoms with E-state index < -0.39 is 23.3 Å². The van der Waals surface area contributed by atoms with Gasteiger partial charge in [-0.05, 0) is 77.8 Å². The minimum absolute atomic E-state index is 0.0316. The molecule has 3 aromatic rings. The molecule has 8 nitrogen and oxygen atoms in total. The van der Waals surface area contributed by atoms with Gasteiger partial charge >= 0.3 is 5.97 Å². The Kier molecular flexibility index (Phi) is 11.3. The molecule has 0 saturated carbocycles. The summed E-state index contributed by atoms with van der Waals surface area (Å²) < 4.78 is 29.6.